The van der Waals surface area contributed by atoms with Crippen LogP contribution in [-0.2, 0) is 16.1 Å². The zero-order valence-electron chi connectivity index (χ0n) is 13.3. The minimum absolute atomic E-state index is 0.0625. The Morgan fingerprint density at radius 3 is 2.36 bits per heavy atom. The van der Waals surface area contributed by atoms with E-state index in [0.717, 1.165) is 5.56 Å². The van der Waals surface area contributed by atoms with E-state index in [9.17, 15) is 9.59 Å². The van der Waals surface area contributed by atoms with Crippen molar-refractivity contribution in [3.8, 4) is 0 Å². The molecule has 0 radical (unpaired) electrons. The van der Waals surface area contributed by atoms with Gasteiger partial charge >= 0.3 is 6.09 Å². The third kappa shape index (κ3) is 4.31. The Labute approximate surface area is 131 Å². The summed E-state index contributed by atoms with van der Waals surface area (Å²) in [4.78, 5) is 27.6. The van der Waals surface area contributed by atoms with Gasteiger partial charge in [0.1, 0.15) is 12.4 Å². The third-order valence-electron chi connectivity index (χ3n) is 4.14. The lowest BCUT2D eigenvalue weighted by Gasteiger charge is -2.36. The van der Waals surface area contributed by atoms with Crippen molar-refractivity contribution in [1.82, 2.24) is 9.80 Å². The van der Waals surface area contributed by atoms with Gasteiger partial charge in [-0.05, 0) is 12.5 Å². The topological polar surface area (TPSA) is 49.9 Å². The number of rotatable bonds is 5. The molecule has 0 bridgehead atoms. The number of ketones is 1. The fourth-order valence-corrected chi connectivity index (χ4v) is 2.60. The molecule has 1 atom stereocenters. The molecule has 1 aromatic carbocycles. The van der Waals surface area contributed by atoms with Crippen molar-refractivity contribution >= 4 is 11.9 Å². The summed E-state index contributed by atoms with van der Waals surface area (Å²) in [7, 11) is 0. The van der Waals surface area contributed by atoms with Crippen molar-refractivity contribution in [3.05, 3.63) is 35.9 Å². The average molecular weight is 304 g/mol. The van der Waals surface area contributed by atoms with Gasteiger partial charge in [0.25, 0.3) is 0 Å². The SMILES string of the molecule is CCC(=O)C(C)N1CCN(C(=O)OCc2ccccc2)CC1. The van der Waals surface area contributed by atoms with Crippen LogP contribution in [0.1, 0.15) is 25.8 Å². The normalized spacial score (nSPS) is 17.1. The Kier molecular flexibility index (Phi) is 5.95. The van der Waals surface area contributed by atoms with Crippen LogP contribution in [-0.4, -0.2) is 53.9 Å². The number of carbonyl (C=O) groups excluding carboxylic acids is 2. The van der Waals surface area contributed by atoms with Crippen LogP contribution < -0.4 is 0 Å². The smallest absolute Gasteiger partial charge is 0.410 e. The van der Waals surface area contributed by atoms with E-state index < -0.39 is 0 Å². The van der Waals surface area contributed by atoms with E-state index in [0.29, 0.717) is 39.2 Å². The number of hydrogen-bond acceptors (Lipinski definition) is 4. The van der Waals surface area contributed by atoms with E-state index in [1.165, 1.54) is 0 Å². The van der Waals surface area contributed by atoms with Gasteiger partial charge in [0.05, 0.1) is 6.04 Å². The molecule has 0 aromatic heterocycles. The lowest BCUT2D eigenvalue weighted by molar-refractivity contribution is -0.124. The molecule has 0 aliphatic carbocycles. The molecule has 1 heterocycles. The number of ether oxygens (including phenoxy) is 1. The molecule has 0 N–H and O–H groups in total. The number of Topliss-reactive ketones (excluding diaryl/α,β-unsaturated/α-hetero) is 1. The molecule has 1 aromatic rings. The van der Waals surface area contributed by atoms with Crippen molar-refractivity contribution in [2.45, 2.75) is 32.9 Å². The second-order valence-corrected chi connectivity index (χ2v) is 5.56. The Bertz CT molecular complexity index is 496. The molecule has 2 rings (SSSR count). The van der Waals surface area contributed by atoms with Crippen molar-refractivity contribution in [2.75, 3.05) is 26.2 Å². The van der Waals surface area contributed by atoms with Gasteiger partial charge < -0.3 is 9.64 Å². The average Bonchev–Trinajstić information content (AvgIpc) is 2.59. The Balaban J connectivity index is 1.76. The first kappa shape index (κ1) is 16.5. The van der Waals surface area contributed by atoms with Crippen molar-refractivity contribution in [3.63, 3.8) is 0 Å². The highest BCUT2D eigenvalue weighted by Crippen LogP contribution is 2.10. The van der Waals surface area contributed by atoms with E-state index in [-0.39, 0.29) is 17.9 Å². The number of hydrogen-bond donors (Lipinski definition) is 0. The predicted molar refractivity (Wildman–Crippen MR) is 84.5 cm³/mol. The van der Waals surface area contributed by atoms with Gasteiger partial charge in [0.2, 0.25) is 0 Å². The molecule has 1 aliphatic heterocycles. The highest BCUT2D eigenvalue weighted by molar-refractivity contribution is 5.83. The van der Waals surface area contributed by atoms with Crippen LogP contribution in [0.4, 0.5) is 4.79 Å². The van der Waals surface area contributed by atoms with Crippen molar-refractivity contribution in [2.24, 2.45) is 0 Å². The number of benzene rings is 1. The second kappa shape index (κ2) is 7.94. The maximum absolute atomic E-state index is 12.1. The number of carbonyl (C=O) groups is 2. The van der Waals surface area contributed by atoms with Gasteiger partial charge in [-0.2, -0.15) is 0 Å². The summed E-state index contributed by atoms with van der Waals surface area (Å²) >= 11 is 0. The molecule has 22 heavy (non-hydrogen) atoms. The molecule has 1 aliphatic rings. The summed E-state index contributed by atoms with van der Waals surface area (Å²) < 4.78 is 5.33. The molecule has 1 fully saturated rings. The van der Waals surface area contributed by atoms with Crippen LogP contribution in [0.5, 0.6) is 0 Å². The molecular weight excluding hydrogens is 280 g/mol. The zero-order valence-corrected chi connectivity index (χ0v) is 13.3. The molecule has 5 heteroatoms. The Morgan fingerprint density at radius 1 is 1.14 bits per heavy atom. The Hall–Kier alpha value is -1.88. The number of piperazine rings is 1. The molecule has 1 amide bonds. The van der Waals surface area contributed by atoms with Gasteiger partial charge in [0, 0.05) is 32.6 Å². The lowest BCUT2D eigenvalue weighted by atomic mass is 10.1. The lowest BCUT2D eigenvalue weighted by Crippen LogP contribution is -2.53. The van der Waals surface area contributed by atoms with Crippen molar-refractivity contribution in [1.29, 1.82) is 0 Å². The minimum Gasteiger partial charge on any atom is -0.445 e. The molecule has 1 unspecified atom stereocenters. The number of nitrogens with zero attached hydrogens (tertiary/aromatic N) is 2. The van der Waals surface area contributed by atoms with Crippen LogP contribution in [0.25, 0.3) is 0 Å². The largest absolute Gasteiger partial charge is 0.445 e. The van der Waals surface area contributed by atoms with Crippen LogP contribution >= 0.6 is 0 Å². The van der Waals surface area contributed by atoms with E-state index in [1.807, 2.05) is 44.2 Å². The zero-order chi connectivity index (χ0) is 15.9. The fraction of sp³-hybridized carbons (Fsp3) is 0.529. The monoisotopic (exact) mass is 304 g/mol. The quantitative estimate of drug-likeness (QED) is 0.837. The van der Waals surface area contributed by atoms with Gasteiger partial charge in [-0.1, -0.05) is 37.3 Å². The van der Waals surface area contributed by atoms with Crippen LogP contribution in [0, 0.1) is 0 Å². The molecule has 120 valence electrons. The van der Waals surface area contributed by atoms with E-state index in [2.05, 4.69) is 4.90 Å². The first-order valence-corrected chi connectivity index (χ1v) is 7.84. The van der Waals surface area contributed by atoms with E-state index in [1.54, 1.807) is 4.90 Å². The summed E-state index contributed by atoms with van der Waals surface area (Å²) in [6.45, 7) is 6.76. The van der Waals surface area contributed by atoms with Crippen molar-refractivity contribution < 1.29 is 14.3 Å². The third-order valence-corrected chi connectivity index (χ3v) is 4.14. The standard InChI is InChI=1S/C17H24N2O3/c1-3-16(20)14(2)18-9-11-19(12-10-18)17(21)22-13-15-7-5-4-6-8-15/h4-8,14H,3,9-13H2,1-2H3. The van der Waals surface area contributed by atoms with Gasteiger partial charge in [-0.3, -0.25) is 9.69 Å². The van der Waals surface area contributed by atoms with Gasteiger partial charge in [-0.25, -0.2) is 4.79 Å². The minimum atomic E-state index is -0.280. The summed E-state index contributed by atoms with van der Waals surface area (Å²) in [6.07, 6.45) is 0.276. The summed E-state index contributed by atoms with van der Waals surface area (Å²) in [6, 6.07) is 9.59. The number of amides is 1. The van der Waals surface area contributed by atoms with Gasteiger partial charge in [0.15, 0.2) is 0 Å². The summed E-state index contributed by atoms with van der Waals surface area (Å²) in [5.41, 5.74) is 0.983. The second-order valence-electron chi connectivity index (χ2n) is 5.56. The molecule has 1 saturated heterocycles. The van der Waals surface area contributed by atoms with E-state index in [4.69, 9.17) is 4.74 Å². The predicted octanol–water partition coefficient (Wildman–Crippen LogP) is 2.31. The van der Waals surface area contributed by atoms with Crippen LogP contribution in [0.15, 0.2) is 30.3 Å². The molecule has 0 saturated carbocycles. The fourth-order valence-electron chi connectivity index (χ4n) is 2.60. The van der Waals surface area contributed by atoms with Crippen LogP contribution in [0.2, 0.25) is 0 Å². The molecular formula is C17H24N2O3. The first-order chi connectivity index (χ1) is 10.6. The Morgan fingerprint density at radius 2 is 1.77 bits per heavy atom. The molecule has 0 spiro atoms. The maximum atomic E-state index is 12.1. The summed E-state index contributed by atoms with van der Waals surface area (Å²) in [5.74, 6) is 0.250. The van der Waals surface area contributed by atoms with Crippen LogP contribution in [0.3, 0.4) is 0 Å². The highest BCUT2D eigenvalue weighted by Gasteiger charge is 2.27. The van der Waals surface area contributed by atoms with E-state index >= 15 is 0 Å². The summed E-state index contributed by atoms with van der Waals surface area (Å²) in [5, 5.41) is 0. The molecule has 5 nitrogen and oxygen atoms in total. The van der Waals surface area contributed by atoms with Gasteiger partial charge in [-0.15, -0.1) is 0 Å². The first-order valence-electron chi connectivity index (χ1n) is 7.84. The highest BCUT2D eigenvalue weighted by atomic mass is 16.6. The maximum Gasteiger partial charge on any atom is 0.410 e.